The number of amides is 2. The molecular formula is C19H30N4O3. The summed E-state index contributed by atoms with van der Waals surface area (Å²) in [7, 11) is 3.55. The number of rotatable bonds is 7. The molecule has 0 bridgehead atoms. The zero-order valence-electron chi connectivity index (χ0n) is 16.0. The van der Waals surface area contributed by atoms with Crippen molar-refractivity contribution in [2.45, 2.75) is 13.3 Å². The third kappa shape index (κ3) is 6.65. The van der Waals surface area contributed by atoms with E-state index in [1.54, 1.807) is 19.0 Å². The van der Waals surface area contributed by atoms with Crippen molar-refractivity contribution in [2.75, 3.05) is 65.3 Å². The number of carbonyl (C=O) groups is 2. The molecule has 0 radical (unpaired) electrons. The minimum absolute atomic E-state index is 0.0213. The minimum Gasteiger partial charge on any atom is -0.494 e. The number of ether oxygens (including phenoxy) is 1. The van der Waals surface area contributed by atoms with Gasteiger partial charge in [-0.1, -0.05) is 0 Å². The number of nitrogens with one attached hydrogen (secondary N) is 1. The van der Waals surface area contributed by atoms with E-state index in [2.05, 4.69) is 15.1 Å². The first-order valence-corrected chi connectivity index (χ1v) is 9.15. The van der Waals surface area contributed by atoms with Gasteiger partial charge in [0.25, 0.3) is 0 Å². The number of hydrogen-bond acceptors (Lipinski definition) is 5. The van der Waals surface area contributed by atoms with Gasteiger partial charge < -0.3 is 15.0 Å². The first-order chi connectivity index (χ1) is 12.5. The van der Waals surface area contributed by atoms with Gasteiger partial charge in [0.2, 0.25) is 11.8 Å². The van der Waals surface area contributed by atoms with Gasteiger partial charge in [-0.2, -0.15) is 0 Å². The smallest absolute Gasteiger partial charge is 0.238 e. The maximum absolute atomic E-state index is 12.3. The zero-order chi connectivity index (χ0) is 18.9. The number of carbonyl (C=O) groups excluding carboxylic acids is 2. The summed E-state index contributed by atoms with van der Waals surface area (Å²) in [5.74, 6) is 0.893. The molecule has 1 aromatic rings. The highest BCUT2D eigenvalue weighted by Crippen LogP contribution is 2.15. The summed E-state index contributed by atoms with van der Waals surface area (Å²) >= 11 is 0. The highest BCUT2D eigenvalue weighted by Gasteiger charge is 2.19. The fourth-order valence-corrected chi connectivity index (χ4v) is 2.88. The zero-order valence-corrected chi connectivity index (χ0v) is 16.0. The Morgan fingerprint density at radius 3 is 2.23 bits per heavy atom. The standard InChI is InChI=1S/C19H30N4O3/c1-4-26-17-8-6-16(7-9-17)20-18(24)14-22-10-5-11-23(13-12-22)15-19(25)21(2)3/h6-9H,4-5,10-15H2,1-3H3,(H,20,24). The van der Waals surface area contributed by atoms with Crippen LogP contribution < -0.4 is 10.1 Å². The van der Waals surface area contributed by atoms with Crippen molar-refractivity contribution in [3.05, 3.63) is 24.3 Å². The highest BCUT2D eigenvalue weighted by atomic mass is 16.5. The fraction of sp³-hybridized carbons (Fsp3) is 0.579. The van der Waals surface area contributed by atoms with Gasteiger partial charge in [-0.15, -0.1) is 0 Å². The van der Waals surface area contributed by atoms with Crippen molar-refractivity contribution in [2.24, 2.45) is 0 Å². The first kappa shape index (κ1) is 20.2. The van der Waals surface area contributed by atoms with E-state index >= 15 is 0 Å². The van der Waals surface area contributed by atoms with Crippen molar-refractivity contribution < 1.29 is 14.3 Å². The molecule has 0 atom stereocenters. The van der Waals surface area contributed by atoms with E-state index in [0.29, 0.717) is 19.7 Å². The monoisotopic (exact) mass is 362 g/mol. The van der Waals surface area contributed by atoms with Crippen molar-refractivity contribution in [1.82, 2.24) is 14.7 Å². The highest BCUT2D eigenvalue weighted by molar-refractivity contribution is 5.92. The Labute approximate surface area is 155 Å². The van der Waals surface area contributed by atoms with Gasteiger partial charge in [-0.3, -0.25) is 19.4 Å². The molecule has 0 unspecified atom stereocenters. The summed E-state index contributed by atoms with van der Waals surface area (Å²) in [5, 5.41) is 2.93. The van der Waals surface area contributed by atoms with Crippen LogP contribution in [0.4, 0.5) is 5.69 Å². The Bertz CT molecular complexity index is 589. The van der Waals surface area contributed by atoms with Crippen LogP contribution in [0.15, 0.2) is 24.3 Å². The lowest BCUT2D eigenvalue weighted by Gasteiger charge is -2.22. The van der Waals surface area contributed by atoms with Gasteiger partial charge >= 0.3 is 0 Å². The summed E-state index contributed by atoms with van der Waals surface area (Å²) in [6.45, 7) is 6.71. The lowest BCUT2D eigenvalue weighted by molar-refractivity contribution is -0.129. The second-order valence-corrected chi connectivity index (χ2v) is 6.70. The Hall–Kier alpha value is -2.12. The Kier molecular flexibility index (Phi) is 7.87. The molecule has 0 aliphatic carbocycles. The topological polar surface area (TPSA) is 65.1 Å². The molecule has 0 saturated carbocycles. The maximum Gasteiger partial charge on any atom is 0.238 e. The van der Waals surface area contributed by atoms with Gasteiger partial charge in [0, 0.05) is 32.9 Å². The molecule has 7 nitrogen and oxygen atoms in total. The van der Waals surface area contributed by atoms with Crippen molar-refractivity contribution >= 4 is 17.5 Å². The molecule has 1 aromatic carbocycles. The van der Waals surface area contributed by atoms with E-state index in [9.17, 15) is 9.59 Å². The Balaban J connectivity index is 1.77. The molecule has 0 spiro atoms. The van der Waals surface area contributed by atoms with E-state index in [0.717, 1.165) is 44.0 Å². The molecule has 1 heterocycles. The lowest BCUT2D eigenvalue weighted by Crippen LogP contribution is -2.39. The summed E-state index contributed by atoms with van der Waals surface area (Å²) in [5.41, 5.74) is 0.770. The van der Waals surface area contributed by atoms with Crippen molar-refractivity contribution in [3.63, 3.8) is 0 Å². The van der Waals surface area contributed by atoms with E-state index in [1.807, 2.05) is 31.2 Å². The quantitative estimate of drug-likeness (QED) is 0.787. The lowest BCUT2D eigenvalue weighted by atomic mass is 10.3. The third-order valence-corrected chi connectivity index (χ3v) is 4.36. The molecule has 144 valence electrons. The second-order valence-electron chi connectivity index (χ2n) is 6.70. The molecule has 2 amide bonds. The molecule has 1 aliphatic heterocycles. The van der Waals surface area contributed by atoms with Gasteiger partial charge in [-0.05, 0) is 50.7 Å². The predicted molar refractivity (Wildman–Crippen MR) is 102 cm³/mol. The molecule has 1 aliphatic rings. The SMILES string of the molecule is CCOc1ccc(NC(=O)CN2CCCN(CC(=O)N(C)C)CC2)cc1. The average Bonchev–Trinajstić information content (AvgIpc) is 2.82. The summed E-state index contributed by atoms with van der Waals surface area (Å²) in [6, 6.07) is 7.40. The molecule has 1 fully saturated rings. The van der Waals surface area contributed by atoms with Gasteiger partial charge in [0.05, 0.1) is 19.7 Å². The number of anilines is 1. The normalized spacial score (nSPS) is 16.0. The molecule has 7 heteroatoms. The molecule has 1 N–H and O–H groups in total. The number of nitrogens with zero attached hydrogens (tertiary/aromatic N) is 3. The first-order valence-electron chi connectivity index (χ1n) is 9.15. The van der Waals surface area contributed by atoms with E-state index in [1.165, 1.54) is 0 Å². The summed E-state index contributed by atoms with van der Waals surface area (Å²) in [4.78, 5) is 30.1. The number of likely N-dealkylation sites (N-methyl/N-ethyl adjacent to an activating group) is 1. The fourth-order valence-electron chi connectivity index (χ4n) is 2.88. The van der Waals surface area contributed by atoms with Crippen LogP contribution in [0.25, 0.3) is 0 Å². The second kappa shape index (κ2) is 10.1. The van der Waals surface area contributed by atoms with Crippen LogP contribution in [0.5, 0.6) is 5.75 Å². The summed E-state index contributed by atoms with van der Waals surface area (Å²) in [6.07, 6.45) is 0.955. The van der Waals surface area contributed by atoms with Crippen LogP contribution in [0, 0.1) is 0 Å². The molecular weight excluding hydrogens is 332 g/mol. The Morgan fingerprint density at radius 1 is 1.04 bits per heavy atom. The van der Waals surface area contributed by atoms with Crippen LogP contribution in [-0.4, -0.2) is 86.5 Å². The van der Waals surface area contributed by atoms with Crippen LogP contribution in [0.2, 0.25) is 0 Å². The van der Waals surface area contributed by atoms with Crippen LogP contribution in [0.1, 0.15) is 13.3 Å². The molecule has 26 heavy (non-hydrogen) atoms. The van der Waals surface area contributed by atoms with Crippen LogP contribution in [0.3, 0.4) is 0 Å². The maximum atomic E-state index is 12.3. The number of benzene rings is 1. The van der Waals surface area contributed by atoms with Gasteiger partial charge in [0.15, 0.2) is 0 Å². The molecule has 1 saturated heterocycles. The predicted octanol–water partition coefficient (Wildman–Crippen LogP) is 1.12. The average molecular weight is 362 g/mol. The minimum atomic E-state index is -0.0213. The Morgan fingerprint density at radius 2 is 1.65 bits per heavy atom. The summed E-state index contributed by atoms with van der Waals surface area (Å²) < 4.78 is 5.40. The van der Waals surface area contributed by atoms with Crippen LogP contribution in [-0.2, 0) is 9.59 Å². The van der Waals surface area contributed by atoms with Gasteiger partial charge in [0.1, 0.15) is 5.75 Å². The van der Waals surface area contributed by atoms with Crippen molar-refractivity contribution in [1.29, 1.82) is 0 Å². The van der Waals surface area contributed by atoms with Crippen LogP contribution >= 0.6 is 0 Å². The molecule has 2 rings (SSSR count). The molecule has 0 aromatic heterocycles. The van der Waals surface area contributed by atoms with E-state index < -0.39 is 0 Å². The van der Waals surface area contributed by atoms with Gasteiger partial charge in [-0.25, -0.2) is 0 Å². The third-order valence-electron chi connectivity index (χ3n) is 4.36. The van der Waals surface area contributed by atoms with E-state index in [4.69, 9.17) is 4.74 Å². The van der Waals surface area contributed by atoms with E-state index in [-0.39, 0.29) is 11.8 Å². The largest absolute Gasteiger partial charge is 0.494 e. The number of hydrogen-bond donors (Lipinski definition) is 1. The van der Waals surface area contributed by atoms with Crippen molar-refractivity contribution in [3.8, 4) is 5.75 Å².